The van der Waals surface area contributed by atoms with E-state index in [1.54, 1.807) is 35.3 Å². The van der Waals surface area contributed by atoms with Crippen molar-refractivity contribution in [3.63, 3.8) is 0 Å². The van der Waals surface area contributed by atoms with E-state index < -0.39 is 11.9 Å². The standard InChI is InChI=1S/C15H15FN2O2/c1-9(2)18-8-11(7-17-18)14(19)13-6-10-4-3-5-12(16)15(10)20-13/h3-9,14,19H,1-2H3. The maximum absolute atomic E-state index is 13.6. The fourth-order valence-corrected chi connectivity index (χ4v) is 2.12. The molecule has 5 heteroatoms. The monoisotopic (exact) mass is 274 g/mol. The van der Waals surface area contributed by atoms with Crippen LogP contribution in [0.1, 0.15) is 37.3 Å². The topological polar surface area (TPSA) is 51.2 Å². The zero-order valence-electron chi connectivity index (χ0n) is 11.2. The first-order valence-corrected chi connectivity index (χ1v) is 6.46. The molecule has 1 aromatic carbocycles. The molecule has 0 saturated heterocycles. The summed E-state index contributed by atoms with van der Waals surface area (Å²) in [7, 11) is 0. The van der Waals surface area contributed by atoms with Crippen molar-refractivity contribution in [3.8, 4) is 0 Å². The van der Waals surface area contributed by atoms with Crippen LogP contribution in [0.25, 0.3) is 11.0 Å². The SMILES string of the molecule is CC(C)n1cc(C(O)c2cc3cccc(F)c3o2)cn1. The Kier molecular flexibility index (Phi) is 3.06. The molecular weight excluding hydrogens is 259 g/mol. The van der Waals surface area contributed by atoms with Gasteiger partial charge in [0.15, 0.2) is 11.4 Å². The molecule has 0 aliphatic carbocycles. The highest BCUT2D eigenvalue weighted by Crippen LogP contribution is 2.29. The van der Waals surface area contributed by atoms with Gasteiger partial charge in [-0.3, -0.25) is 4.68 Å². The van der Waals surface area contributed by atoms with Gasteiger partial charge in [-0.25, -0.2) is 4.39 Å². The second kappa shape index (κ2) is 4.76. The van der Waals surface area contributed by atoms with E-state index in [0.29, 0.717) is 16.7 Å². The van der Waals surface area contributed by atoms with Gasteiger partial charge < -0.3 is 9.52 Å². The van der Waals surface area contributed by atoms with Crippen LogP contribution in [0, 0.1) is 5.82 Å². The smallest absolute Gasteiger partial charge is 0.170 e. The van der Waals surface area contributed by atoms with Crippen LogP contribution in [-0.2, 0) is 0 Å². The fraction of sp³-hybridized carbons (Fsp3) is 0.267. The first-order chi connectivity index (χ1) is 9.56. The minimum absolute atomic E-state index is 0.165. The normalized spacial score (nSPS) is 13.2. The number of aromatic nitrogens is 2. The Morgan fingerprint density at radius 3 is 2.80 bits per heavy atom. The number of aliphatic hydroxyl groups is 1. The molecule has 3 rings (SSSR count). The van der Waals surface area contributed by atoms with E-state index >= 15 is 0 Å². The number of para-hydroxylation sites is 1. The van der Waals surface area contributed by atoms with Gasteiger partial charge in [-0.15, -0.1) is 0 Å². The number of furan rings is 1. The van der Waals surface area contributed by atoms with Gasteiger partial charge in [0.05, 0.1) is 6.20 Å². The summed E-state index contributed by atoms with van der Waals surface area (Å²) >= 11 is 0. The summed E-state index contributed by atoms with van der Waals surface area (Å²) in [5, 5.41) is 15.1. The van der Waals surface area contributed by atoms with E-state index in [9.17, 15) is 9.50 Å². The third kappa shape index (κ3) is 2.10. The quantitative estimate of drug-likeness (QED) is 0.796. The fourth-order valence-electron chi connectivity index (χ4n) is 2.12. The van der Waals surface area contributed by atoms with Crippen molar-refractivity contribution in [2.45, 2.75) is 26.0 Å². The highest BCUT2D eigenvalue weighted by atomic mass is 19.1. The van der Waals surface area contributed by atoms with Crippen molar-refractivity contribution in [1.82, 2.24) is 9.78 Å². The van der Waals surface area contributed by atoms with E-state index in [4.69, 9.17) is 4.42 Å². The summed E-state index contributed by atoms with van der Waals surface area (Å²) in [6.07, 6.45) is 2.40. The van der Waals surface area contributed by atoms with Crippen molar-refractivity contribution in [3.05, 3.63) is 53.8 Å². The van der Waals surface area contributed by atoms with E-state index in [-0.39, 0.29) is 11.6 Å². The lowest BCUT2D eigenvalue weighted by atomic mass is 10.1. The van der Waals surface area contributed by atoms with Crippen molar-refractivity contribution < 1.29 is 13.9 Å². The van der Waals surface area contributed by atoms with Gasteiger partial charge in [0.1, 0.15) is 11.9 Å². The first-order valence-electron chi connectivity index (χ1n) is 6.46. The number of halogens is 1. The molecule has 0 aliphatic heterocycles. The van der Waals surface area contributed by atoms with Crippen LogP contribution in [0.2, 0.25) is 0 Å². The molecule has 1 atom stereocenters. The Bertz CT molecular complexity index is 745. The number of aliphatic hydroxyl groups excluding tert-OH is 1. The van der Waals surface area contributed by atoms with Gasteiger partial charge in [0, 0.05) is 23.2 Å². The minimum atomic E-state index is -0.950. The number of rotatable bonds is 3. The van der Waals surface area contributed by atoms with Gasteiger partial charge in [-0.05, 0) is 26.0 Å². The largest absolute Gasteiger partial charge is 0.455 e. The molecule has 20 heavy (non-hydrogen) atoms. The molecule has 0 saturated carbocycles. The molecular formula is C15H15FN2O2. The van der Waals surface area contributed by atoms with E-state index in [1.165, 1.54) is 6.07 Å². The van der Waals surface area contributed by atoms with Crippen LogP contribution in [0.5, 0.6) is 0 Å². The van der Waals surface area contributed by atoms with Gasteiger partial charge >= 0.3 is 0 Å². The van der Waals surface area contributed by atoms with Crippen LogP contribution in [0.15, 0.2) is 41.1 Å². The Morgan fingerprint density at radius 2 is 2.15 bits per heavy atom. The molecule has 4 nitrogen and oxygen atoms in total. The summed E-state index contributed by atoms with van der Waals surface area (Å²) < 4.78 is 20.8. The molecule has 0 aliphatic rings. The van der Waals surface area contributed by atoms with Crippen molar-refractivity contribution in [1.29, 1.82) is 0 Å². The molecule has 0 radical (unpaired) electrons. The lowest BCUT2D eigenvalue weighted by Crippen LogP contribution is -2.01. The van der Waals surface area contributed by atoms with Crippen molar-refractivity contribution in [2.75, 3.05) is 0 Å². The maximum atomic E-state index is 13.6. The summed E-state index contributed by atoms with van der Waals surface area (Å²) in [4.78, 5) is 0. The zero-order chi connectivity index (χ0) is 14.3. The summed E-state index contributed by atoms with van der Waals surface area (Å²) in [5.74, 6) is -0.118. The second-order valence-corrected chi connectivity index (χ2v) is 5.06. The Balaban J connectivity index is 1.99. The van der Waals surface area contributed by atoms with E-state index in [0.717, 1.165) is 0 Å². The number of benzene rings is 1. The summed E-state index contributed by atoms with van der Waals surface area (Å²) in [5.41, 5.74) is 0.788. The summed E-state index contributed by atoms with van der Waals surface area (Å²) in [6, 6.07) is 6.55. The van der Waals surface area contributed by atoms with Gasteiger partial charge in [0.2, 0.25) is 0 Å². The van der Waals surface area contributed by atoms with Crippen LogP contribution in [0.4, 0.5) is 4.39 Å². The highest BCUT2D eigenvalue weighted by molar-refractivity contribution is 5.78. The maximum Gasteiger partial charge on any atom is 0.170 e. The third-order valence-electron chi connectivity index (χ3n) is 3.25. The number of fused-ring (bicyclic) bond motifs is 1. The van der Waals surface area contributed by atoms with Crippen molar-refractivity contribution >= 4 is 11.0 Å². The third-order valence-corrected chi connectivity index (χ3v) is 3.25. The van der Waals surface area contributed by atoms with Crippen LogP contribution in [-0.4, -0.2) is 14.9 Å². The molecule has 0 amide bonds. The molecule has 0 fully saturated rings. The van der Waals surface area contributed by atoms with E-state index in [1.807, 2.05) is 13.8 Å². The predicted molar refractivity (Wildman–Crippen MR) is 72.8 cm³/mol. The van der Waals surface area contributed by atoms with Gasteiger partial charge in [-0.1, -0.05) is 12.1 Å². The Morgan fingerprint density at radius 1 is 1.35 bits per heavy atom. The Labute approximate surface area is 115 Å². The molecule has 2 heterocycles. The lowest BCUT2D eigenvalue weighted by molar-refractivity contribution is 0.191. The molecule has 104 valence electrons. The van der Waals surface area contributed by atoms with Crippen LogP contribution in [0.3, 0.4) is 0 Å². The van der Waals surface area contributed by atoms with Crippen LogP contribution >= 0.6 is 0 Å². The van der Waals surface area contributed by atoms with Gasteiger partial charge in [0.25, 0.3) is 0 Å². The average Bonchev–Trinajstić information content (AvgIpc) is 3.05. The van der Waals surface area contributed by atoms with Gasteiger partial charge in [-0.2, -0.15) is 5.10 Å². The van der Waals surface area contributed by atoms with Crippen LogP contribution < -0.4 is 0 Å². The average molecular weight is 274 g/mol. The molecule has 1 unspecified atom stereocenters. The molecule has 0 spiro atoms. The molecule has 1 N–H and O–H groups in total. The highest BCUT2D eigenvalue weighted by Gasteiger charge is 2.19. The lowest BCUT2D eigenvalue weighted by Gasteiger charge is -2.05. The number of hydrogen-bond acceptors (Lipinski definition) is 3. The number of nitrogens with zero attached hydrogens (tertiary/aromatic N) is 2. The second-order valence-electron chi connectivity index (χ2n) is 5.06. The molecule has 3 aromatic rings. The van der Waals surface area contributed by atoms with E-state index in [2.05, 4.69) is 5.10 Å². The predicted octanol–water partition coefficient (Wildman–Crippen LogP) is 3.43. The summed E-state index contributed by atoms with van der Waals surface area (Å²) in [6.45, 7) is 4.00. The van der Waals surface area contributed by atoms with Crippen molar-refractivity contribution in [2.24, 2.45) is 0 Å². The number of hydrogen-bond donors (Lipinski definition) is 1. The Hall–Kier alpha value is -2.14. The molecule has 2 aromatic heterocycles. The molecule has 0 bridgehead atoms. The first kappa shape index (κ1) is 12.9. The minimum Gasteiger partial charge on any atom is -0.455 e. The zero-order valence-corrected chi connectivity index (χ0v) is 11.2.